The minimum absolute atomic E-state index is 0.0299. The zero-order chi connectivity index (χ0) is 20.5. The van der Waals surface area contributed by atoms with Crippen LogP contribution in [-0.2, 0) is 11.2 Å². The van der Waals surface area contributed by atoms with Crippen molar-refractivity contribution < 1.29 is 9.21 Å². The van der Waals surface area contributed by atoms with E-state index in [0.29, 0.717) is 6.42 Å². The number of anilines is 2. The number of hydrogen-bond acceptors (Lipinski definition) is 4. The van der Waals surface area contributed by atoms with E-state index >= 15 is 0 Å². The van der Waals surface area contributed by atoms with Gasteiger partial charge in [-0.05, 0) is 62.7 Å². The van der Waals surface area contributed by atoms with Gasteiger partial charge in [-0.3, -0.25) is 4.79 Å². The Balaban J connectivity index is 1.45. The van der Waals surface area contributed by atoms with Crippen LogP contribution in [0.4, 0.5) is 11.4 Å². The maximum absolute atomic E-state index is 12.6. The van der Waals surface area contributed by atoms with Gasteiger partial charge in [0.2, 0.25) is 5.91 Å². The molecule has 1 amide bonds. The summed E-state index contributed by atoms with van der Waals surface area (Å²) in [6.07, 6.45) is 2.01. The fourth-order valence-electron chi connectivity index (χ4n) is 4.04. The Morgan fingerprint density at radius 1 is 1.03 bits per heavy atom. The van der Waals surface area contributed by atoms with Crippen LogP contribution in [0, 0.1) is 20.8 Å². The summed E-state index contributed by atoms with van der Waals surface area (Å²) in [6, 6.07) is 10.3. The summed E-state index contributed by atoms with van der Waals surface area (Å²) < 4.78 is 5.73. The highest BCUT2D eigenvalue weighted by Crippen LogP contribution is 2.28. The first kappa shape index (κ1) is 19.5. The maximum atomic E-state index is 12.6. The van der Waals surface area contributed by atoms with Gasteiger partial charge >= 0.3 is 0 Å². The van der Waals surface area contributed by atoms with Crippen LogP contribution in [0.5, 0.6) is 0 Å². The number of likely N-dealkylation sites (N-methyl/N-ethyl adjacent to an activating group) is 1. The molecule has 0 unspecified atom stereocenters. The number of carbonyl (C=O) groups is 1. The Hall–Kier alpha value is -2.79. The number of piperazine rings is 1. The van der Waals surface area contributed by atoms with E-state index in [1.54, 1.807) is 6.26 Å². The van der Waals surface area contributed by atoms with E-state index in [-0.39, 0.29) is 5.91 Å². The molecular formula is C24H29N3O2. The standard InChI is InChI=1S/C24H29N3O2/c1-16-5-7-21-19(15-29-24(21)18(16)3)14-23(28)25-20-6-8-22(17(2)13-20)27-11-9-26(4)10-12-27/h5-8,13,15H,9-12,14H2,1-4H3,(H,25,28). The number of nitrogens with one attached hydrogen (secondary N) is 1. The molecule has 1 aromatic heterocycles. The Morgan fingerprint density at radius 2 is 1.79 bits per heavy atom. The van der Waals surface area contributed by atoms with Crippen LogP contribution in [0.2, 0.25) is 0 Å². The van der Waals surface area contributed by atoms with E-state index < -0.39 is 0 Å². The van der Waals surface area contributed by atoms with Crippen molar-refractivity contribution in [3.8, 4) is 0 Å². The van der Waals surface area contributed by atoms with Crippen molar-refractivity contribution in [2.75, 3.05) is 43.4 Å². The van der Waals surface area contributed by atoms with Crippen molar-refractivity contribution in [1.29, 1.82) is 0 Å². The summed E-state index contributed by atoms with van der Waals surface area (Å²) in [5, 5.41) is 4.06. The number of nitrogens with zero attached hydrogens (tertiary/aromatic N) is 2. The fraction of sp³-hybridized carbons (Fsp3) is 0.375. The highest BCUT2D eigenvalue weighted by atomic mass is 16.3. The Morgan fingerprint density at radius 3 is 2.52 bits per heavy atom. The molecule has 0 radical (unpaired) electrons. The summed E-state index contributed by atoms with van der Waals surface area (Å²) in [7, 11) is 2.16. The van der Waals surface area contributed by atoms with Crippen molar-refractivity contribution >= 4 is 28.3 Å². The average Bonchev–Trinajstić information content (AvgIpc) is 3.09. The largest absolute Gasteiger partial charge is 0.464 e. The first-order valence-corrected chi connectivity index (χ1v) is 10.2. The molecule has 2 aromatic carbocycles. The predicted octanol–water partition coefficient (Wildman–Crippen LogP) is 4.29. The maximum Gasteiger partial charge on any atom is 0.228 e. The molecule has 5 heteroatoms. The lowest BCUT2D eigenvalue weighted by molar-refractivity contribution is -0.115. The third-order valence-electron chi connectivity index (χ3n) is 6.02. The van der Waals surface area contributed by atoms with Crippen LogP contribution in [0.3, 0.4) is 0 Å². The molecule has 4 rings (SSSR count). The molecule has 3 aromatic rings. The molecule has 1 aliphatic rings. The van der Waals surface area contributed by atoms with Crippen molar-refractivity contribution in [2.45, 2.75) is 27.2 Å². The SMILES string of the molecule is Cc1cc(NC(=O)Cc2coc3c(C)c(C)ccc23)ccc1N1CCN(C)CC1. The van der Waals surface area contributed by atoms with Crippen LogP contribution in [0.15, 0.2) is 41.0 Å². The number of fused-ring (bicyclic) bond motifs is 1. The number of aryl methyl sites for hydroxylation is 3. The average molecular weight is 392 g/mol. The highest BCUT2D eigenvalue weighted by Gasteiger charge is 2.17. The summed E-state index contributed by atoms with van der Waals surface area (Å²) in [4.78, 5) is 17.4. The first-order valence-electron chi connectivity index (χ1n) is 10.2. The van der Waals surface area contributed by atoms with Gasteiger partial charge in [0, 0.05) is 48.5 Å². The second-order valence-corrected chi connectivity index (χ2v) is 8.16. The number of rotatable bonds is 4. The van der Waals surface area contributed by atoms with Crippen LogP contribution in [-0.4, -0.2) is 44.0 Å². The molecule has 0 atom stereocenters. The highest BCUT2D eigenvalue weighted by molar-refractivity contribution is 5.96. The van der Waals surface area contributed by atoms with Crippen molar-refractivity contribution in [3.63, 3.8) is 0 Å². The van der Waals surface area contributed by atoms with Crippen molar-refractivity contribution in [2.24, 2.45) is 0 Å². The minimum atomic E-state index is -0.0299. The zero-order valence-electron chi connectivity index (χ0n) is 17.7. The Kier molecular flexibility index (Phi) is 5.33. The number of furan rings is 1. The smallest absolute Gasteiger partial charge is 0.228 e. The molecule has 0 spiro atoms. The second kappa shape index (κ2) is 7.91. The predicted molar refractivity (Wildman–Crippen MR) is 119 cm³/mol. The molecular weight excluding hydrogens is 362 g/mol. The molecule has 0 bridgehead atoms. The van der Waals surface area contributed by atoms with E-state index in [9.17, 15) is 4.79 Å². The van der Waals surface area contributed by atoms with Gasteiger partial charge in [0.25, 0.3) is 0 Å². The third kappa shape index (κ3) is 4.01. The molecule has 0 saturated carbocycles. The molecule has 1 fully saturated rings. The van der Waals surface area contributed by atoms with Crippen molar-refractivity contribution in [1.82, 2.24) is 4.90 Å². The number of benzene rings is 2. The van der Waals surface area contributed by atoms with Gasteiger partial charge in [-0.15, -0.1) is 0 Å². The normalized spacial score (nSPS) is 15.1. The number of carbonyl (C=O) groups excluding carboxylic acids is 1. The Bertz CT molecular complexity index is 1050. The van der Waals surface area contributed by atoms with Crippen molar-refractivity contribution in [3.05, 3.63) is 58.8 Å². The van der Waals surface area contributed by atoms with E-state index in [4.69, 9.17) is 4.42 Å². The summed E-state index contributed by atoms with van der Waals surface area (Å²) in [5.74, 6) is -0.0299. The molecule has 29 heavy (non-hydrogen) atoms. The van der Waals surface area contributed by atoms with Crippen LogP contribution < -0.4 is 10.2 Å². The fourth-order valence-corrected chi connectivity index (χ4v) is 4.04. The van der Waals surface area contributed by atoms with Gasteiger partial charge in [-0.25, -0.2) is 0 Å². The molecule has 0 aliphatic carbocycles. The first-order chi connectivity index (χ1) is 13.9. The summed E-state index contributed by atoms with van der Waals surface area (Å²) in [6.45, 7) is 10.5. The number of hydrogen-bond donors (Lipinski definition) is 1. The molecule has 1 N–H and O–H groups in total. The van der Waals surface area contributed by atoms with Gasteiger partial charge in [0.1, 0.15) is 5.58 Å². The van der Waals surface area contributed by atoms with Crippen LogP contribution in [0.25, 0.3) is 11.0 Å². The Labute approximate surface area is 172 Å². The summed E-state index contributed by atoms with van der Waals surface area (Å²) in [5.41, 5.74) is 7.40. The monoisotopic (exact) mass is 391 g/mol. The lowest BCUT2D eigenvalue weighted by atomic mass is 10.0. The molecule has 1 saturated heterocycles. The van der Waals surface area contributed by atoms with Gasteiger partial charge in [0.15, 0.2) is 0 Å². The third-order valence-corrected chi connectivity index (χ3v) is 6.02. The molecule has 2 heterocycles. The van der Waals surface area contributed by atoms with E-state index in [1.165, 1.54) is 16.8 Å². The zero-order valence-corrected chi connectivity index (χ0v) is 17.7. The molecule has 5 nitrogen and oxygen atoms in total. The molecule has 152 valence electrons. The summed E-state index contributed by atoms with van der Waals surface area (Å²) >= 11 is 0. The van der Waals surface area contributed by atoms with Gasteiger partial charge in [-0.1, -0.05) is 12.1 Å². The topological polar surface area (TPSA) is 48.7 Å². The quantitative estimate of drug-likeness (QED) is 0.721. The minimum Gasteiger partial charge on any atom is -0.464 e. The molecule has 1 aliphatic heterocycles. The van der Waals surface area contributed by atoms with Gasteiger partial charge in [-0.2, -0.15) is 0 Å². The van der Waals surface area contributed by atoms with E-state index in [0.717, 1.165) is 54.0 Å². The lowest BCUT2D eigenvalue weighted by Gasteiger charge is -2.35. The lowest BCUT2D eigenvalue weighted by Crippen LogP contribution is -2.44. The number of amides is 1. The van der Waals surface area contributed by atoms with Gasteiger partial charge < -0.3 is 19.5 Å². The second-order valence-electron chi connectivity index (χ2n) is 8.16. The van der Waals surface area contributed by atoms with E-state index in [2.05, 4.69) is 61.1 Å². The van der Waals surface area contributed by atoms with E-state index in [1.807, 2.05) is 12.1 Å². The van der Waals surface area contributed by atoms with Crippen LogP contribution in [0.1, 0.15) is 22.3 Å². The van der Waals surface area contributed by atoms with Crippen LogP contribution >= 0.6 is 0 Å². The van der Waals surface area contributed by atoms with Gasteiger partial charge in [0.05, 0.1) is 12.7 Å².